The van der Waals surface area contributed by atoms with Gasteiger partial charge >= 0.3 is 0 Å². The van der Waals surface area contributed by atoms with Crippen molar-refractivity contribution in [1.82, 2.24) is 4.98 Å². The van der Waals surface area contributed by atoms with Gasteiger partial charge in [0.15, 0.2) is 0 Å². The van der Waals surface area contributed by atoms with E-state index in [9.17, 15) is 4.79 Å². The summed E-state index contributed by atoms with van der Waals surface area (Å²) in [7, 11) is 1.62. The Morgan fingerprint density at radius 2 is 2.10 bits per heavy atom. The van der Waals surface area contributed by atoms with Gasteiger partial charge in [-0.1, -0.05) is 18.2 Å². The third-order valence-electron chi connectivity index (χ3n) is 2.93. The smallest absolute Gasteiger partial charge is 0.255 e. The molecule has 1 aromatic heterocycles. The van der Waals surface area contributed by atoms with Crippen LogP contribution in [0.5, 0.6) is 0 Å². The van der Waals surface area contributed by atoms with Crippen LogP contribution in [0.2, 0.25) is 0 Å². The highest BCUT2D eigenvalue weighted by Crippen LogP contribution is 2.18. The van der Waals surface area contributed by atoms with Crippen LogP contribution in [0.15, 0.2) is 36.4 Å². The van der Waals surface area contributed by atoms with Gasteiger partial charge in [0.1, 0.15) is 5.82 Å². The minimum atomic E-state index is -0.222. The number of hydrazine groups is 1. The van der Waals surface area contributed by atoms with Crippen LogP contribution in [-0.4, -0.2) is 18.0 Å². The number of anilines is 2. The third kappa shape index (κ3) is 3.77. The molecule has 1 amide bonds. The first-order valence-corrected chi connectivity index (χ1v) is 6.47. The highest BCUT2D eigenvalue weighted by molar-refractivity contribution is 6.05. The van der Waals surface area contributed by atoms with E-state index >= 15 is 0 Å². The molecule has 0 spiro atoms. The SMILES string of the molecule is COCc1ccccc1NC(=O)c1cc(C)nc(NN)c1. The Hall–Kier alpha value is -2.44. The number of aromatic nitrogens is 1. The fraction of sp³-hybridized carbons (Fsp3) is 0.200. The van der Waals surface area contributed by atoms with E-state index in [1.165, 1.54) is 0 Å². The van der Waals surface area contributed by atoms with Crippen LogP contribution in [0.1, 0.15) is 21.6 Å². The summed E-state index contributed by atoms with van der Waals surface area (Å²) in [6, 6.07) is 10.8. The van der Waals surface area contributed by atoms with E-state index in [-0.39, 0.29) is 5.91 Å². The van der Waals surface area contributed by atoms with Gasteiger partial charge in [-0.2, -0.15) is 0 Å². The Morgan fingerprint density at radius 3 is 2.81 bits per heavy atom. The van der Waals surface area contributed by atoms with E-state index in [0.717, 1.165) is 11.3 Å². The van der Waals surface area contributed by atoms with Crippen molar-refractivity contribution in [3.05, 3.63) is 53.2 Å². The number of aryl methyl sites for hydroxylation is 1. The van der Waals surface area contributed by atoms with Crippen LogP contribution in [0.25, 0.3) is 0 Å². The summed E-state index contributed by atoms with van der Waals surface area (Å²) in [5.41, 5.74) is 5.28. The summed E-state index contributed by atoms with van der Waals surface area (Å²) in [5.74, 6) is 5.57. The molecular formula is C15H18N4O2. The number of carbonyl (C=O) groups is 1. The minimum absolute atomic E-state index is 0.222. The Balaban J connectivity index is 2.24. The molecule has 0 aliphatic carbocycles. The van der Waals surface area contributed by atoms with Gasteiger partial charge in [0.25, 0.3) is 5.91 Å². The van der Waals surface area contributed by atoms with Crippen LogP contribution < -0.4 is 16.6 Å². The van der Waals surface area contributed by atoms with Crippen molar-refractivity contribution in [3.8, 4) is 0 Å². The number of pyridine rings is 1. The first kappa shape index (κ1) is 15.0. The van der Waals surface area contributed by atoms with Crippen LogP contribution >= 0.6 is 0 Å². The second-order valence-corrected chi connectivity index (χ2v) is 4.57. The average molecular weight is 286 g/mol. The number of nitrogens with zero attached hydrogens (tertiary/aromatic N) is 1. The number of nitrogens with two attached hydrogens (primary N) is 1. The largest absolute Gasteiger partial charge is 0.380 e. The molecule has 6 heteroatoms. The van der Waals surface area contributed by atoms with Gasteiger partial charge in [-0.15, -0.1) is 0 Å². The van der Waals surface area contributed by atoms with Gasteiger partial charge < -0.3 is 15.5 Å². The lowest BCUT2D eigenvalue weighted by Gasteiger charge is -2.11. The second-order valence-electron chi connectivity index (χ2n) is 4.57. The number of rotatable bonds is 5. The molecule has 2 aromatic rings. The van der Waals surface area contributed by atoms with E-state index in [1.54, 1.807) is 26.2 Å². The number of amides is 1. The Morgan fingerprint density at radius 1 is 1.33 bits per heavy atom. The highest BCUT2D eigenvalue weighted by Gasteiger charge is 2.11. The van der Waals surface area contributed by atoms with E-state index in [1.807, 2.05) is 24.3 Å². The van der Waals surface area contributed by atoms with Crippen molar-refractivity contribution >= 4 is 17.4 Å². The van der Waals surface area contributed by atoms with E-state index < -0.39 is 0 Å². The quantitative estimate of drug-likeness (QED) is 0.578. The first-order chi connectivity index (χ1) is 10.1. The molecule has 0 unspecified atom stereocenters. The predicted molar refractivity (Wildman–Crippen MR) is 81.9 cm³/mol. The number of methoxy groups -OCH3 is 1. The van der Waals surface area contributed by atoms with Gasteiger partial charge in [0, 0.05) is 29.6 Å². The van der Waals surface area contributed by atoms with Gasteiger partial charge in [0.2, 0.25) is 0 Å². The van der Waals surface area contributed by atoms with Crippen molar-refractivity contribution < 1.29 is 9.53 Å². The third-order valence-corrected chi connectivity index (χ3v) is 2.93. The van der Waals surface area contributed by atoms with E-state index in [4.69, 9.17) is 10.6 Å². The lowest BCUT2D eigenvalue weighted by atomic mass is 10.1. The maximum absolute atomic E-state index is 12.3. The molecule has 0 atom stereocenters. The molecule has 0 bridgehead atoms. The molecule has 1 aromatic carbocycles. The molecule has 0 radical (unpaired) electrons. The molecule has 4 N–H and O–H groups in total. The maximum Gasteiger partial charge on any atom is 0.255 e. The molecule has 0 saturated heterocycles. The number of ether oxygens (including phenoxy) is 1. The molecular weight excluding hydrogens is 268 g/mol. The van der Waals surface area contributed by atoms with Gasteiger partial charge in [-0.3, -0.25) is 4.79 Å². The van der Waals surface area contributed by atoms with Gasteiger partial charge in [0.05, 0.1) is 6.61 Å². The monoisotopic (exact) mass is 286 g/mol. The summed E-state index contributed by atoms with van der Waals surface area (Å²) in [4.78, 5) is 16.5. The maximum atomic E-state index is 12.3. The highest BCUT2D eigenvalue weighted by atomic mass is 16.5. The Bertz CT molecular complexity index is 643. The number of para-hydroxylation sites is 1. The van der Waals surface area contributed by atoms with Crippen molar-refractivity contribution in [2.24, 2.45) is 5.84 Å². The average Bonchev–Trinajstić information content (AvgIpc) is 2.48. The van der Waals surface area contributed by atoms with Crippen LogP contribution in [0, 0.1) is 6.92 Å². The topological polar surface area (TPSA) is 89.3 Å². The lowest BCUT2D eigenvalue weighted by Crippen LogP contribution is -2.16. The summed E-state index contributed by atoms with van der Waals surface area (Å²) in [6.45, 7) is 2.23. The summed E-state index contributed by atoms with van der Waals surface area (Å²) >= 11 is 0. The number of hydrogen-bond acceptors (Lipinski definition) is 5. The van der Waals surface area contributed by atoms with Crippen LogP contribution in [0.4, 0.5) is 11.5 Å². The fourth-order valence-electron chi connectivity index (χ4n) is 1.99. The number of benzene rings is 1. The molecule has 21 heavy (non-hydrogen) atoms. The summed E-state index contributed by atoms with van der Waals surface area (Å²) in [5, 5.41) is 2.87. The van der Waals surface area contributed by atoms with Crippen molar-refractivity contribution in [2.45, 2.75) is 13.5 Å². The molecule has 0 aliphatic heterocycles. The molecule has 0 saturated carbocycles. The molecule has 6 nitrogen and oxygen atoms in total. The molecule has 1 heterocycles. The normalized spacial score (nSPS) is 10.2. The Kier molecular flexibility index (Phi) is 4.86. The standard InChI is InChI=1S/C15H18N4O2/c1-10-7-12(8-14(17-10)19-16)15(20)18-13-6-4-3-5-11(13)9-21-2/h3-8H,9,16H2,1-2H3,(H,17,19)(H,18,20). The molecule has 0 fully saturated rings. The molecule has 2 rings (SSSR count). The van der Waals surface area contributed by atoms with Crippen molar-refractivity contribution in [2.75, 3.05) is 17.9 Å². The first-order valence-electron chi connectivity index (χ1n) is 6.47. The zero-order chi connectivity index (χ0) is 15.2. The number of nitrogen functional groups attached to an aromatic ring is 1. The summed E-state index contributed by atoms with van der Waals surface area (Å²) in [6.07, 6.45) is 0. The number of nitrogens with one attached hydrogen (secondary N) is 2. The van der Waals surface area contributed by atoms with Crippen molar-refractivity contribution in [1.29, 1.82) is 0 Å². The predicted octanol–water partition coefficient (Wildman–Crippen LogP) is 2.07. The minimum Gasteiger partial charge on any atom is -0.380 e. The van der Waals surface area contributed by atoms with Crippen LogP contribution in [-0.2, 0) is 11.3 Å². The lowest BCUT2D eigenvalue weighted by molar-refractivity contribution is 0.102. The second kappa shape index (κ2) is 6.83. The van der Waals surface area contributed by atoms with Gasteiger partial charge in [-0.05, 0) is 25.1 Å². The Labute approximate surface area is 123 Å². The number of hydrogen-bond donors (Lipinski definition) is 3. The molecule has 110 valence electrons. The zero-order valence-electron chi connectivity index (χ0n) is 12.0. The zero-order valence-corrected chi connectivity index (χ0v) is 12.0. The number of carbonyl (C=O) groups excluding carboxylic acids is 1. The molecule has 0 aliphatic rings. The van der Waals surface area contributed by atoms with E-state index in [0.29, 0.717) is 23.7 Å². The fourth-order valence-corrected chi connectivity index (χ4v) is 1.99. The summed E-state index contributed by atoms with van der Waals surface area (Å²) < 4.78 is 5.12. The van der Waals surface area contributed by atoms with Gasteiger partial charge in [-0.25, -0.2) is 10.8 Å². The van der Waals surface area contributed by atoms with Crippen molar-refractivity contribution in [3.63, 3.8) is 0 Å². The van der Waals surface area contributed by atoms with Crippen LogP contribution in [0.3, 0.4) is 0 Å². The van der Waals surface area contributed by atoms with E-state index in [2.05, 4.69) is 15.7 Å².